The highest BCUT2D eigenvalue weighted by Crippen LogP contribution is 2.45. The number of Topliss-reactive ketones (excluding diaryl/α,β-unsaturated/α-hetero) is 1. The molecule has 39 heavy (non-hydrogen) atoms. The average Bonchev–Trinajstić information content (AvgIpc) is 3.32. The van der Waals surface area contributed by atoms with E-state index in [1.165, 1.54) is 47.2 Å². The Morgan fingerprint density at radius 3 is 2.41 bits per heavy atom. The van der Waals surface area contributed by atoms with Gasteiger partial charge in [0.25, 0.3) is 0 Å². The molecule has 10 heteroatoms. The van der Waals surface area contributed by atoms with Gasteiger partial charge in [-0.05, 0) is 53.9 Å². The first-order chi connectivity index (χ1) is 18.7. The fourth-order valence-electron chi connectivity index (χ4n) is 5.08. The SMILES string of the molecule is COc1ccccc1C1=NC(c2ccc(C(F)(F)F)cc2)C(c2cccc(F)c2)N1C(=O)N1CCCC(=O)C1. The minimum absolute atomic E-state index is 0.0741. The Bertz CT molecular complexity index is 1420. The topological polar surface area (TPSA) is 62.2 Å². The van der Waals surface area contributed by atoms with Crippen molar-refractivity contribution in [1.29, 1.82) is 0 Å². The van der Waals surface area contributed by atoms with Crippen LogP contribution in [0.5, 0.6) is 5.75 Å². The number of halogens is 4. The number of amidine groups is 1. The van der Waals surface area contributed by atoms with Gasteiger partial charge in [0.2, 0.25) is 0 Å². The normalized spacial score (nSPS) is 19.7. The maximum Gasteiger partial charge on any atom is 0.416 e. The van der Waals surface area contributed by atoms with Crippen LogP contribution < -0.4 is 4.74 Å². The molecule has 0 radical (unpaired) electrons. The Morgan fingerprint density at radius 2 is 1.74 bits per heavy atom. The molecule has 1 saturated heterocycles. The molecule has 6 nitrogen and oxygen atoms in total. The molecule has 2 aliphatic rings. The predicted molar refractivity (Wildman–Crippen MR) is 136 cm³/mol. The third-order valence-electron chi connectivity index (χ3n) is 6.91. The van der Waals surface area contributed by atoms with Crippen LogP contribution in [0.2, 0.25) is 0 Å². The second-order valence-electron chi connectivity index (χ2n) is 9.43. The van der Waals surface area contributed by atoms with Gasteiger partial charge in [-0.2, -0.15) is 13.2 Å². The van der Waals surface area contributed by atoms with E-state index in [9.17, 15) is 27.2 Å². The smallest absolute Gasteiger partial charge is 0.416 e. The molecule has 0 saturated carbocycles. The van der Waals surface area contributed by atoms with Gasteiger partial charge >= 0.3 is 12.2 Å². The number of ketones is 1. The van der Waals surface area contributed by atoms with Crippen molar-refractivity contribution in [2.75, 3.05) is 20.2 Å². The molecular weight excluding hydrogens is 514 g/mol. The summed E-state index contributed by atoms with van der Waals surface area (Å²) in [5.74, 6) is 0.0283. The van der Waals surface area contributed by atoms with Crippen LogP contribution in [0, 0.1) is 5.82 Å². The van der Waals surface area contributed by atoms with Crippen LogP contribution in [0.3, 0.4) is 0 Å². The summed E-state index contributed by atoms with van der Waals surface area (Å²) in [6.07, 6.45) is -3.64. The van der Waals surface area contributed by atoms with E-state index >= 15 is 0 Å². The minimum Gasteiger partial charge on any atom is -0.496 e. The molecule has 0 spiro atoms. The summed E-state index contributed by atoms with van der Waals surface area (Å²) in [7, 11) is 1.47. The number of alkyl halides is 3. The molecule has 2 atom stereocenters. The summed E-state index contributed by atoms with van der Waals surface area (Å²) >= 11 is 0. The lowest BCUT2D eigenvalue weighted by Crippen LogP contribution is -2.50. The first-order valence-corrected chi connectivity index (χ1v) is 12.4. The third kappa shape index (κ3) is 5.23. The summed E-state index contributed by atoms with van der Waals surface area (Å²) in [5, 5.41) is 0. The number of hydrogen-bond acceptors (Lipinski definition) is 4. The number of para-hydroxylation sites is 1. The zero-order valence-corrected chi connectivity index (χ0v) is 21.0. The monoisotopic (exact) mass is 539 g/mol. The molecule has 1 fully saturated rings. The lowest BCUT2D eigenvalue weighted by molar-refractivity contribution is -0.137. The second kappa shape index (κ2) is 10.5. The Balaban J connectivity index is 1.69. The number of nitrogens with zero attached hydrogens (tertiary/aromatic N) is 3. The fourth-order valence-corrected chi connectivity index (χ4v) is 5.08. The van der Waals surface area contributed by atoms with E-state index in [1.54, 1.807) is 30.3 Å². The summed E-state index contributed by atoms with van der Waals surface area (Å²) in [5.41, 5.74) is 0.479. The number of aliphatic imine (C=N–C) groups is 1. The largest absolute Gasteiger partial charge is 0.496 e. The Labute approximate surface area is 222 Å². The van der Waals surface area contributed by atoms with Crippen molar-refractivity contribution in [3.8, 4) is 5.75 Å². The van der Waals surface area contributed by atoms with E-state index in [2.05, 4.69) is 0 Å². The van der Waals surface area contributed by atoms with Crippen molar-refractivity contribution < 1.29 is 31.9 Å². The van der Waals surface area contributed by atoms with Crippen LogP contribution in [-0.4, -0.2) is 47.6 Å². The first-order valence-electron chi connectivity index (χ1n) is 12.4. The molecule has 2 aliphatic heterocycles. The molecule has 202 valence electrons. The highest BCUT2D eigenvalue weighted by molar-refractivity contribution is 6.11. The Hall–Kier alpha value is -4.21. The van der Waals surface area contributed by atoms with Crippen molar-refractivity contribution in [3.63, 3.8) is 0 Å². The van der Waals surface area contributed by atoms with Crippen LogP contribution in [0.25, 0.3) is 0 Å². The number of piperidine rings is 1. The van der Waals surface area contributed by atoms with Gasteiger partial charge in [-0.25, -0.2) is 9.18 Å². The van der Waals surface area contributed by atoms with Gasteiger partial charge in [-0.3, -0.25) is 14.7 Å². The minimum atomic E-state index is -4.52. The zero-order valence-electron chi connectivity index (χ0n) is 21.0. The lowest BCUT2D eigenvalue weighted by Gasteiger charge is -2.35. The number of amides is 2. The molecular formula is C29H25F4N3O3. The quantitative estimate of drug-likeness (QED) is 0.372. The van der Waals surface area contributed by atoms with Gasteiger partial charge in [0, 0.05) is 13.0 Å². The van der Waals surface area contributed by atoms with E-state index in [-0.39, 0.29) is 18.2 Å². The predicted octanol–water partition coefficient (Wildman–Crippen LogP) is 6.18. The number of hydrogen-bond donors (Lipinski definition) is 0. The molecule has 3 aromatic rings. The van der Waals surface area contributed by atoms with Gasteiger partial charge in [-0.15, -0.1) is 0 Å². The standard InChI is InChI=1S/C29H25F4N3O3/c1-39-24-10-3-2-9-23(24)27-34-25(18-11-13-20(14-12-18)29(31,32)33)26(19-6-4-7-21(30)16-19)36(27)28(38)35-15-5-8-22(37)17-35/h2-4,6-7,9-14,16,25-26H,5,8,15,17H2,1H3. The first kappa shape index (κ1) is 26.4. The highest BCUT2D eigenvalue weighted by atomic mass is 19.4. The molecule has 0 aromatic heterocycles. The lowest BCUT2D eigenvalue weighted by atomic mass is 9.93. The van der Waals surface area contributed by atoms with Gasteiger partial charge in [0.1, 0.15) is 23.4 Å². The van der Waals surface area contributed by atoms with Crippen LogP contribution in [0.4, 0.5) is 22.4 Å². The van der Waals surface area contributed by atoms with Crippen LogP contribution in [0.15, 0.2) is 77.8 Å². The number of likely N-dealkylation sites (tertiary alicyclic amines) is 1. The maximum atomic E-state index is 14.5. The number of ether oxygens (including phenoxy) is 1. The van der Waals surface area contributed by atoms with E-state index in [0.29, 0.717) is 41.8 Å². The van der Waals surface area contributed by atoms with Crippen molar-refractivity contribution in [3.05, 3.63) is 101 Å². The van der Waals surface area contributed by atoms with Gasteiger partial charge < -0.3 is 9.64 Å². The number of carbonyl (C=O) groups excluding carboxylic acids is 2. The number of methoxy groups -OCH3 is 1. The summed E-state index contributed by atoms with van der Waals surface area (Å²) < 4.78 is 59.9. The molecule has 0 bridgehead atoms. The average molecular weight is 540 g/mol. The van der Waals surface area contributed by atoms with Crippen LogP contribution in [-0.2, 0) is 11.0 Å². The molecule has 2 unspecified atom stereocenters. The fraction of sp³-hybridized carbons (Fsp3) is 0.276. The van der Waals surface area contributed by atoms with E-state index in [4.69, 9.17) is 9.73 Å². The summed E-state index contributed by atoms with van der Waals surface area (Å²) in [6, 6.07) is 14.9. The number of benzene rings is 3. The Kier molecular flexibility index (Phi) is 7.12. The number of rotatable bonds is 4. The van der Waals surface area contributed by atoms with Crippen molar-refractivity contribution in [2.45, 2.75) is 31.1 Å². The van der Waals surface area contributed by atoms with Gasteiger partial charge in [0.05, 0.1) is 30.8 Å². The summed E-state index contributed by atoms with van der Waals surface area (Å²) in [4.78, 5) is 34.0. The highest BCUT2D eigenvalue weighted by Gasteiger charge is 2.45. The number of urea groups is 1. The molecule has 3 aromatic carbocycles. The van der Waals surface area contributed by atoms with Gasteiger partial charge in [0.15, 0.2) is 5.78 Å². The third-order valence-corrected chi connectivity index (χ3v) is 6.91. The van der Waals surface area contributed by atoms with Crippen LogP contribution in [0.1, 0.15) is 47.2 Å². The molecule has 2 amide bonds. The second-order valence-corrected chi connectivity index (χ2v) is 9.43. The van der Waals surface area contributed by atoms with Crippen molar-refractivity contribution in [2.24, 2.45) is 4.99 Å². The number of carbonyl (C=O) groups is 2. The zero-order chi connectivity index (χ0) is 27.7. The summed E-state index contributed by atoms with van der Waals surface area (Å²) in [6.45, 7) is 0.274. The van der Waals surface area contributed by atoms with E-state index in [0.717, 1.165) is 12.1 Å². The van der Waals surface area contributed by atoms with Crippen molar-refractivity contribution >= 4 is 17.6 Å². The molecule has 0 aliphatic carbocycles. The van der Waals surface area contributed by atoms with Crippen LogP contribution >= 0.6 is 0 Å². The Morgan fingerprint density at radius 1 is 1.00 bits per heavy atom. The maximum absolute atomic E-state index is 14.5. The van der Waals surface area contributed by atoms with E-state index < -0.39 is 35.7 Å². The van der Waals surface area contributed by atoms with Gasteiger partial charge in [-0.1, -0.05) is 36.4 Å². The molecule has 0 N–H and O–H groups in total. The molecule has 2 heterocycles. The van der Waals surface area contributed by atoms with Crippen molar-refractivity contribution in [1.82, 2.24) is 9.80 Å². The molecule has 5 rings (SSSR count). The van der Waals surface area contributed by atoms with E-state index in [1.807, 2.05) is 0 Å².